The van der Waals surface area contributed by atoms with Gasteiger partial charge in [-0.15, -0.1) is 0 Å². The highest BCUT2D eigenvalue weighted by Crippen LogP contribution is 2.29. The fraction of sp³-hybridized carbons (Fsp3) is 0.409. The molecule has 0 bridgehead atoms. The summed E-state index contributed by atoms with van der Waals surface area (Å²) in [7, 11) is -2.03. The largest absolute Gasteiger partial charge is 0.497 e. The van der Waals surface area contributed by atoms with Crippen LogP contribution < -0.4 is 14.4 Å². The first-order valence-corrected chi connectivity index (χ1v) is 11.5. The standard InChI is InChI=1S/C22H30N2O4S/c1-6-20(17-11-13-18(28-4)14-12-17)23-22(25)15-24(29(5,26)27)21-10-8-7-9-19(21)16(2)3/h7-14,16,20H,6,15H2,1-5H3,(H,23,25)/t20-/m0/s1. The van der Waals surface area contributed by atoms with E-state index in [1.807, 2.05) is 57.2 Å². The number of sulfonamides is 1. The van der Waals surface area contributed by atoms with Gasteiger partial charge in [0.25, 0.3) is 0 Å². The van der Waals surface area contributed by atoms with Gasteiger partial charge in [0.05, 0.1) is 25.1 Å². The van der Waals surface area contributed by atoms with Gasteiger partial charge in [0.1, 0.15) is 12.3 Å². The summed E-state index contributed by atoms with van der Waals surface area (Å²) in [5.74, 6) is 0.515. The molecule has 0 aliphatic heterocycles. The second kappa shape index (κ2) is 9.78. The first-order valence-electron chi connectivity index (χ1n) is 9.67. The Labute approximate surface area is 173 Å². The Morgan fingerprint density at radius 3 is 2.24 bits per heavy atom. The van der Waals surface area contributed by atoms with Crippen molar-refractivity contribution in [2.75, 3.05) is 24.2 Å². The smallest absolute Gasteiger partial charge is 0.241 e. The molecule has 2 rings (SSSR count). The first kappa shape index (κ1) is 22.7. The molecular formula is C22H30N2O4S. The number of amides is 1. The predicted molar refractivity (Wildman–Crippen MR) is 117 cm³/mol. The van der Waals surface area contributed by atoms with Crippen molar-refractivity contribution in [2.24, 2.45) is 0 Å². The number of carbonyl (C=O) groups excluding carboxylic acids is 1. The zero-order valence-corrected chi connectivity index (χ0v) is 18.5. The molecule has 0 aromatic heterocycles. The van der Waals surface area contributed by atoms with Crippen LogP contribution in [0.2, 0.25) is 0 Å². The highest BCUT2D eigenvalue weighted by atomic mass is 32.2. The van der Waals surface area contributed by atoms with Crippen molar-refractivity contribution in [2.45, 2.75) is 39.2 Å². The van der Waals surface area contributed by atoms with E-state index in [1.165, 1.54) is 4.31 Å². The monoisotopic (exact) mass is 418 g/mol. The van der Waals surface area contributed by atoms with Crippen molar-refractivity contribution in [1.82, 2.24) is 5.32 Å². The number of carbonyl (C=O) groups is 1. The lowest BCUT2D eigenvalue weighted by molar-refractivity contribution is -0.120. The molecule has 0 unspecified atom stereocenters. The molecule has 0 saturated carbocycles. The third kappa shape index (κ3) is 5.97. The van der Waals surface area contributed by atoms with Crippen LogP contribution in [0.4, 0.5) is 5.69 Å². The Kier molecular flexibility index (Phi) is 7.67. The van der Waals surface area contributed by atoms with E-state index < -0.39 is 10.0 Å². The van der Waals surface area contributed by atoms with E-state index in [4.69, 9.17) is 4.74 Å². The van der Waals surface area contributed by atoms with Crippen LogP contribution in [0.3, 0.4) is 0 Å². The molecule has 1 N–H and O–H groups in total. The van der Waals surface area contributed by atoms with Crippen LogP contribution >= 0.6 is 0 Å². The number of anilines is 1. The third-order valence-corrected chi connectivity index (χ3v) is 5.90. The lowest BCUT2D eigenvalue weighted by Crippen LogP contribution is -2.42. The molecule has 1 atom stereocenters. The van der Waals surface area contributed by atoms with Gasteiger partial charge in [-0.05, 0) is 41.7 Å². The lowest BCUT2D eigenvalue weighted by Gasteiger charge is -2.27. The summed E-state index contributed by atoms with van der Waals surface area (Å²) in [4.78, 5) is 12.8. The minimum absolute atomic E-state index is 0.126. The average Bonchev–Trinajstić information content (AvgIpc) is 2.69. The molecule has 0 radical (unpaired) electrons. The molecule has 29 heavy (non-hydrogen) atoms. The summed E-state index contributed by atoms with van der Waals surface area (Å²) >= 11 is 0. The predicted octanol–water partition coefficient (Wildman–Crippen LogP) is 3.85. The quantitative estimate of drug-likeness (QED) is 0.671. The van der Waals surface area contributed by atoms with Crippen LogP contribution in [0.5, 0.6) is 5.75 Å². The molecule has 0 spiro atoms. The molecule has 2 aromatic carbocycles. The van der Waals surface area contributed by atoms with Crippen LogP contribution in [0, 0.1) is 0 Å². The van der Waals surface area contributed by atoms with Crippen LogP contribution in [0.15, 0.2) is 48.5 Å². The molecular weight excluding hydrogens is 388 g/mol. The molecule has 158 valence electrons. The molecule has 6 nitrogen and oxygen atoms in total. The highest BCUT2D eigenvalue weighted by Gasteiger charge is 2.25. The zero-order chi connectivity index (χ0) is 21.6. The molecule has 0 aliphatic rings. The van der Waals surface area contributed by atoms with Gasteiger partial charge in [0.15, 0.2) is 0 Å². The minimum atomic E-state index is -3.63. The van der Waals surface area contributed by atoms with Gasteiger partial charge in [-0.3, -0.25) is 9.10 Å². The van der Waals surface area contributed by atoms with Crippen molar-refractivity contribution in [1.29, 1.82) is 0 Å². The number of rotatable bonds is 9. The van der Waals surface area contributed by atoms with Gasteiger partial charge in [0.2, 0.25) is 15.9 Å². The second-order valence-corrected chi connectivity index (χ2v) is 9.19. The Balaban J connectivity index is 2.24. The summed E-state index contributed by atoms with van der Waals surface area (Å²) in [5, 5.41) is 2.96. The SMILES string of the molecule is CC[C@H](NC(=O)CN(c1ccccc1C(C)C)S(C)(=O)=O)c1ccc(OC)cc1. The second-order valence-electron chi connectivity index (χ2n) is 7.28. The number of hydrogen-bond acceptors (Lipinski definition) is 4. The molecule has 7 heteroatoms. The fourth-order valence-electron chi connectivity index (χ4n) is 3.21. The summed E-state index contributed by atoms with van der Waals surface area (Å²) in [5.41, 5.74) is 2.36. The Hall–Kier alpha value is -2.54. The highest BCUT2D eigenvalue weighted by molar-refractivity contribution is 7.92. The van der Waals surface area contributed by atoms with E-state index in [9.17, 15) is 13.2 Å². The van der Waals surface area contributed by atoms with E-state index in [0.29, 0.717) is 12.1 Å². The molecule has 1 amide bonds. The molecule has 0 heterocycles. The van der Waals surface area contributed by atoms with Crippen LogP contribution in [0.1, 0.15) is 50.3 Å². The molecule has 0 saturated heterocycles. The zero-order valence-electron chi connectivity index (χ0n) is 17.7. The third-order valence-electron chi connectivity index (χ3n) is 4.78. The average molecular weight is 419 g/mol. The van der Waals surface area contributed by atoms with Crippen molar-refractivity contribution in [3.8, 4) is 5.75 Å². The van der Waals surface area contributed by atoms with Crippen molar-refractivity contribution in [3.05, 3.63) is 59.7 Å². The number of methoxy groups -OCH3 is 1. The van der Waals surface area contributed by atoms with Crippen molar-refractivity contribution in [3.63, 3.8) is 0 Å². The van der Waals surface area contributed by atoms with E-state index in [0.717, 1.165) is 23.1 Å². The normalized spacial score (nSPS) is 12.5. The van der Waals surface area contributed by atoms with Crippen LogP contribution in [-0.2, 0) is 14.8 Å². The maximum atomic E-state index is 12.8. The lowest BCUT2D eigenvalue weighted by atomic mass is 10.0. The summed E-state index contributed by atoms with van der Waals surface area (Å²) in [6.07, 6.45) is 1.80. The first-order chi connectivity index (χ1) is 13.7. The topological polar surface area (TPSA) is 75.7 Å². The number of hydrogen-bond donors (Lipinski definition) is 1. The number of ether oxygens (including phenoxy) is 1. The van der Waals surface area contributed by atoms with E-state index in [1.54, 1.807) is 19.2 Å². The molecule has 0 fully saturated rings. The van der Waals surface area contributed by atoms with E-state index in [2.05, 4.69) is 5.32 Å². The summed E-state index contributed by atoms with van der Waals surface area (Å²) in [6.45, 7) is 5.69. The van der Waals surface area contributed by atoms with Crippen molar-refractivity contribution < 1.29 is 17.9 Å². The molecule has 2 aromatic rings. The number of para-hydroxylation sites is 1. The molecule has 0 aliphatic carbocycles. The summed E-state index contributed by atoms with van der Waals surface area (Å²) in [6, 6.07) is 14.5. The Morgan fingerprint density at radius 1 is 1.10 bits per heavy atom. The Morgan fingerprint density at radius 2 is 1.72 bits per heavy atom. The number of benzene rings is 2. The van der Waals surface area contributed by atoms with Gasteiger partial charge in [0, 0.05) is 0 Å². The van der Waals surface area contributed by atoms with Gasteiger partial charge in [-0.25, -0.2) is 8.42 Å². The summed E-state index contributed by atoms with van der Waals surface area (Å²) < 4.78 is 31.3. The number of nitrogens with zero attached hydrogens (tertiary/aromatic N) is 1. The van der Waals surface area contributed by atoms with Crippen molar-refractivity contribution >= 4 is 21.6 Å². The van der Waals surface area contributed by atoms with Gasteiger partial charge < -0.3 is 10.1 Å². The Bertz CT molecular complexity index is 924. The van der Waals surface area contributed by atoms with Gasteiger partial charge >= 0.3 is 0 Å². The maximum Gasteiger partial charge on any atom is 0.241 e. The fourth-order valence-corrected chi connectivity index (χ4v) is 4.09. The maximum absolute atomic E-state index is 12.8. The van der Waals surface area contributed by atoms with Gasteiger partial charge in [-0.1, -0.05) is 51.1 Å². The van der Waals surface area contributed by atoms with E-state index in [-0.39, 0.29) is 24.4 Å². The van der Waals surface area contributed by atoms with Crippen LogP contribution in [-0.4, -0.2) is 34.2 Å². The minimum Gasteiger partial charge on any atom is -0.497 e. The van der Waals surface area contributed by atoms with Gasteiger partial charge in [-0.2, -0.15) is 0 Å². The number of nitrogens with one attached hydrogen (secondary N) is 1. The van der Waals surface area contributed by atoms with Crippen LogP contribution in [0.25, 0.3) is 0 Å². The van der Waals surface area contributed by atoms with E-state index >= 15 is 0 Å².